The average Bonchev–Trinajstić information content (AvgIpc) is 3.58. The van der Waals surface area contributed by atoms with Gasteiger partial charge in [0.2, 0.25) is 5.88 Å². The van der Waals surface area contributed by atoms with Crippen molar-refractivity contribution in [1.29, 1.82) is 0 Å². The molecule has 4 aromatic rings. The number of benzene rings is 2. The molecular weight excluding hydrogens is 618 g/mol. The minimum atomic E-state index is -0.712. The molecular formula is C36H38F2N6O4. The van der Waals surface area contributed by atoms with Gasteiger partial charge in [-0.25, -0.2) is 13.8 Å². The molecule has 10 nitrogen and oxygen atoms in total. The van der Waals surface area contributed by atoms with Crippen molar-refractivity contribution < 1.29 is 28.5 Å². The summed E-state index contributed by atoms with van der Waals surface area (Å²) in [6.45, 7) is 4.83. The highest BCUT2D eigenvalue weighted by molar-refractivity contribution is 6.03. The number of phenols is 1. The van der Waals surface area contributed by atoms with Crippen LogP contribution in [0.4, 0.5) is 14.6 Å². The van der Waals surface area contributed by atoms with Crippen LogP contribution in [-0.4, -0.2) is 93.7 Å². The number of fused-ring (bicyclic) bond motifs is 6. The van der Waals surface area contributed by atoms with Crippen LogP contribution in [0, 0.1) is 17.0 Å². The number of anilines is 1. The van der Waals surface area contributed by atoms with Gasteiger partial charge in [-0.15, -0.1) is 0 Å². The van der Waals surface area contributed by atoms with Crippen LogP contribution in [0.2, 0.25) is 0 Å². The zero-order chi connectivity index (χ0) is 32.7. The van der Waals surface area contributed by atoms with Crippen LogP contribution in [0.3, 0.4) is 0 Å². The minimum absolute atomic E-state index is 0.00117. The maximum Gasteiger partial charge on any atom is 0.319 e. The number of ether oxygens (including phenoxy) is 2. The first-order valence-electron chi connectivity index (χ1n) is 17.0. The molecule has 12 heteroatoms. The Morgan fingerprint density at radius 3 is 2.81 bits per heavy atom. The molecule has 5 aliphatic rings. The van der Waals surface area contributed by atoms with Crippen LogP contribution >= 0.6 is 0 Å². The zero-order valence-corrected chi connectivity index (χ0v) is 26.8. The summed E-state index contributed by atoms with van der Waals surface area (Å²) in [4.78, 5) is 18.8. The van der Waals surface area contributed by atoms with Crippen LogP contribution in [-0.2, 0) is 6.42 Å². The van der Waals surface area contributed by atoms with Gasteiger partial charge in [0.05, 0.1) is 25.3 Å². The number of aromatic nitrogens is 3. The van der Waals surface area contributed by atoms with E-state index in [1.807, 2.05) is 13.0 Å². The number of nitrogens with zero attached hydrogens (tertiary/aromatic N) is 5. The maximum atomic E-state index is 17.1. The molecule has 2 aromatic carbocycles. The molecule has 2 aromatic heterocycles. The number of aliphatic hydroxyl groups excluding tert-OH is 1. The summed E-state index contributed by atoms with van der Waals surface area (Å²) in [7, 11) is 0. The number of aryl methyl sites for hydroxylation is 1. The van der Waals surface area contributed by atoms with Crippen LogP contribution in [0.5, 0.6) is 17.6 Å². The Balaban J connectivity index is 1.18. The number of piperazine rings is 1. The van der Waals surface area contributed by atoms with Crippen LogP contribution < -0.4 is 19.7 Å². The van der Waals surface area contributed by atoms with Gasteiger partial charge >= 0.3 is 6.01 Å². The van der Waals surface area contributed by atoms with Crippen molar-refractivity contribution in [2.24, 2.45) is 5.41 Å². The monoisotopic (exact) mass is 656 g/mol. The number of pyridine rings is 1. The van der Waals surface area contributed by atoms with Crippen molar-refractivity contribution in [3.8, 4) is 28.9 Å². The third-order valence-corrected chi connectivity index (χ3v) is 11.1. The lowest BCUT2D eigenvalue weighted by atomic mass is 9.94. The lowest BCUT2D eigenvalue weighted by Crippen LogP contribution is -2.60. The third kappa shape index (κ3) is 4.79. The molecule has 9 rings (SSSR count). The fraction of sp³-hybridized carbons (Fsp3) is 0.472. The average molecular weight is 657 g/mol. The van der Waals surface area contributed by atoms with Crippen molar-refractivity contribution in [1.82, 2.24) is 25.2 Å². The number of hydrogen-bond donors (Lipinski definition) is 3. The van der Waals surface area contributed by atoms with Gasteiger partial charge in [0.1, 0.15) is 40.6 Å². The fourth-order valence-electron chi connectivity index (χ4n) is 8.33. The summed E-state index contributed by atoms with van der Waals surface area (Å²) in [6, 6.07) is 6.42. The molecule has 3 fully saturated rings. The van der Waals surface area contributed by atoms with E-state index in [1.165, 1.54) is 12.1 Å². The fourth-order valence-corrected chi connectivity index (χ4v) is 8.33. The molecule has 0 radical (unpaired) electrons. The van der Waals surface area contributed by atoms with Gasteiger partial charge in [0.25, 0.3) is 0 Å². The number of nitrogens with one attached hydrogen (secondary N) is 1. The maximum absolute atomic E-state index is 17.1. The minimum Gasteiger partial charge on any atom is -0.508 e. The Labute approximate surface area is 276 Å². The van der Waals surface area contributed by atoms with Crippen LogP contribution in [0.15, 0.2) is 36.4 Å². The zero-order valence-electron chi connectivity index (χ0n) is 26.8. The molecule has 4 atom stereocenters. The van der Waals surface area contributed by atoms with Gasteiger partial charge in [0.15, 0.2) is 5.82 Å². The molecule has 6 heterocycles. The summed E-state index contributed by atoms with van der Waals surface area (Å²) < 4.78 is 45.0. The number of aromatic hydroxyl groups is 1. The number of hydrogen-bond acceptors (Lipinski definition) is 10. The van der Waals surface area contributed by atoms with E-state index in [0.717, 1.165) is 38.8 Å². The van der Waals surface area contributed by atoms with Crippen LogP contribution in [0.1, 0.15) is 38.2 Å². The van der Waals surface area contributed by atoms with Crippen molar-refractivity contribution in [2.75, 3.05) is 44.4 Å². The molecule has 2 saturated heterocycles. The SMILES string of the molecule is CCc1c(F)ccc2cc(O)cc(-c3nc4c5c(nc(OCC6(CN7CC=C[C@@H]7CO)CC6)nc5c3F)N3C[C@H]5CC[C@H](N5)[C@@H]3CO4)c12. The lowest BCUT2D eigenvalue weighted by Gasteiger charge is -2.40. The highest BCUT2D eigenvalue weighted by atomic mass is 19.1. The smallest absolute Gasteiger partial charge is 0.319 e. The van der Waals surface area contributed by atoms with Gasteiger partial charge < -0.3 is 29.9 Å². The predicted octanol–water partition coefficient (Wildman–Crippen LogP) is 4.48. The molecule has 1 saturated carbocycles. The first kappa shape index (κ1) is 30.0. The highest BCUT2D eigenvalue weighted by Crippen LogP contribution is 2.48. The van der Waals surface area contributed by atoms with Crippen LogP contribution in [0.25, 0.3) is 32.9 Å². The Morgan fingerprint density at radius 1 is 1.12 bits per heavy atom. The molecule has 48 heavy (non-hydrogen) atoms. The summed E-state index contributed by atoms with van der Waals surface area (Å²) in [5.41, 5.74) is 0.513. The number of aliphatic hydroxyl groups is 1. The molecule has 0 spiro atoms. The second-order valence-corrected chi connectivity index (χ2v) is 14.1. The molecule has 1 aliphatic carbocycles. The number of rotatable bonds is 8. The van der Waals surface area contributed by atoms with E-state index in [-0.39, 0.29) is 70.6 Å². The van der Waals surface area contributed by atoms with E-state index < -0.39 is 11.6 Å². The lowest BCUT2D eigenvalue weighted by molar-refractivity contribution is 0.123. The van der Waals surface area contributed by atoms with Crippen molar-refractivity contribution >= 4 is 27.5 Å². The molecule has 3 N–H and O–H groups in total. The van der Waals surface area contributed by atoms with E-state index in [9.17, 15) is 10.2 Å². The first-order chi connectivity index (χ1) is 23.3. The second-order valence-electron chi connectivity index (χ2n) is 14.1. The van der Waals surface area contributed by atoms with Gasteiger partial charge in [0, 0.05) is 42.7 Å². The Kier molecular flexibility index (Phi) is 7.00. The van der Waals surface area contributed by atoms with Crippen molar-refractivity contribution in [3.05, 3.63) is 53.6 Å². The van der Waals surface area contributed by atoms with E-state index in [2.05, 4.69) is 26.2 Å². The van der Waals surface area contributed by atoms with Crippen molar-refractivity contribution in [3.63, 3.8) is 0 Å². The van der Waals surface area contributed by atoms with E-state index in [4.69, 9.17) is 19.4 Å². The van der Waals surface area contributed by atoms with Gasteiger partial charge in [-0.3, -0.25) is 4.90 Å². The van der Waals surface area contributed by atoms with Gasteiger partial charge in [-0.05, 0) is 66.6 Å². The second kappa shape index (κ2) is 11.2. The Hall–Kier alpha value is -4.13. The van der Waals surface area contributed by atoms with Gasteiger partial charge in [-0.1, -0.05) is 25.1 Å². The third-order valence-electron chi connectivity index (χ3n) is 11.1. The van der Waals surface area contributed by atoms with E-state index in [0.29, 0.717) is 53.7 Å². The largest absolute Gasteiger partial charge is 0.508 e. The Bertz CT molecular complexity index is 1990. The predicted molar refractivity (Wildman–Crippen MR) is 177 cm³/mol. The molecule has 0 amide bonds. The summed E-state index contributed by atoms with van der Waals surface area (Å²) >= 11 is 0. The van der Waals surface area contributed by atoms with Gasteiger partial charge in [-0.2, -0.15) is 9.97 Å². The summed E-state index contributed by atoms with van der Waals surface area (Å²) in [6.07, 6.45) is 8.48. The first-order valence-corrected chi connectivity index (χ1v) is 17.0. The molecule has 4 aliphatic heterocycles. The number of halogens is 2. The topological polar surface area (TPSA) is 116 Å². The van der Waals surface area contributed by atoms with E-state index >= 15 is 8.78 Å². The summed E-state index contributed by atoms with van der Waals surface area (Å²) in [5, 5.41) is 25.7. The highest BCUT2D eigenvalue weighted by Gasteiger charge is 2.47. The van der Waals surface area contributed by atoms with Crippen molar-refractivity contribution in [2.45, 2.75) is 63.2 Å². The number of phenolic OH excluding ortho intramolecular Hbond substituents is 1. The quantitative estimate of drug-likeness (QED) is 0.235. The Morgan fingerprint density at radius 2 is 2.00 bits per heavy atom. The molecule has 0 unspecified atom stereocenters. The standard InChI is InChI=1S/C36H38F2N6O4/c1-2-23-25(37)7-5-19-12-22(46)13-24(28(19)23)31-30(38)32-29-33(44-14-20-6-8-26(39-20)27(44)16-47-34(29)40-31)42-35(41-32)48-18-36(9-10-36)17-43-11-3-4-21(43)15-45/h3-5,7,12-13,20-21,26-27,39,45-46H,2,6,8-11,14-18H2,1H3/t20-,21-,26+,27+/m1/s1. The summed E-state index contributed by atoms with van der Waals surface area (Å²) in [5.74, 6) is -0.461. The molecule has 250 valence electrons. The normalized spacial score (nSPS) is 25.4. The van der Waals surface area contributed by atoms with E-state index in [1.54, 1.807) is 12.1 Å². The molecule has 2 bridgehead atoms.